The molecular weight excluding hydrogens is 324 g/mol. The average molecular weight is 353 g/mol. The van der Waals surface area contributed by atoms with Gasteiger partial charge in [0.15, 0.2) is 0 Å². The number of benzene rings is 1. The van der Waals surface area contributed by atoms with Crippen molar-refractivity contribution in [2.75, 3.05) is 26.7 Å². The van der Waals surface area contributed by atoms with E-state index < -0.39 is 0 Å². The van der Waals surface area contributed by atoms with Crippen LogP contribution >= 0.6 is 12.4 Å². The van der Waals surface area contributed by atoms with Crippen LogP contribution in [0.3, 0.4) is 0 Å². The molecule has 5 heteroatoms. The third-order valence-electron chi connectivity index (χ3n) is 5.61. The van der Waals surface area contributed by atoms with E-state index >= 15 is 0 Å². The number of methoxy groups -OCH3 is 1. The van der Waals surface area contributed by atoms with Gasteiger partial charge in [0.25, 0.3) is 0 Å². The van der Waals surface area contributed by atoms with E-state index in [1.54, 1.807) is 7.11 Å². The monoisotopic (exact) mass is 352 g/mol. The maximum atomic E-state index is 12.7. The lowest BCUT2D eigenvalue weighted by molar-refractivity contribution is -0.131. The number of hydrogen-bond acceptors (Lipinski definition) is 3. The van der Waals surface area contributed by atoms with Crippen LogP contribution in [0.2, 0.25) is 0 Å². The van der Waals surface area contributed by atoms with Crippen molar-refractivity contribution in [2.45, 2.75) is 44.9 Å². The van der Waals surface area contributed by atoms with Crippen LogP contribution in [0, 0.1) is 5.41 Å². The van der Waals surface area contributed by atoms with Crippen LogP contribution in [0.1, 0.15) is 49.7 Å². The lowest BCUT2D eigenvalue weighted by Gasteiger charge is -2.28. The highest BCUT2D eigenvalue weighted by Crippen LogP contribution is 2.37. The van der Waals surface area contributed by atoms with Gasteiger partial charge in [-0.25, -0.2) is 0 Å². The number of hydrogen-bond donors (Lipinski definition) is 1. The van der Waals surface area contributed by atoms with Crippen LogP contribution in [0.4, 0.5) is 0 Å². The summed E-state index contributed by atoms with van der Waals surface area (Å²) in [6.07, 6.45) is 4.99. The zero-order valence-corrected chi connectivity index (χ0v) is 15.5. The first-order chi connectivity index (χ1) is 11.0. The third-order valence-corrected chi connectivity index (χ3v) is 5.61. The number of carbonyl (C=O) groups is 1. The van der Waals surface area contributed by atoms with Crippen molar-refractivity contribution in [3.63, 3.8) is 0 Å². The van der Waals surface area contributed by atoms with Crippen LogP contribution in [0.15, 0.2) is 18.2 Å². The van der Waals surface area contributed by atoms with E-state index in [0.29, 0.717) is 18.9 Å². The Bertz CT molecular complexity index is 593. The summed E-state index contributed by atoms with van der Waals surface area (Å²) in [5, 5.41) is 0. The van der Waals surface area contributed by atoms with Gasteiger partial charge in [0.1, 0.15) is 5.75 Å². The Hall–Kier alpha value is -1.26. The smallest absolute Gasteiger partial charge is 0.223 e. The number of halogens is 1. The highest BCUT2D eigenvalue weighted by atomic mass is 35.5. The maximum Gasteiger partial charge on any atom is 0.223 e. The summed E-state index contributed by atoms with van der Waals surface area (Å²) in [5.41, 5.74) is 8.65. The van der Waals surface area contributed by atoms with Gasteiger partial charge in [0, 0.05) is 19.5 Å². The minimum atomic E-state index is 0. The molecule has 0 saturated carbocycles. The molecule has 2 atom stereocenters. The Labute approximate surface area is 151 Å². The van der Waals surface area contributed by atoms with E-state index in [2.05, 4.69) is 19.1 Å². The molecule has 2 N–H and O–H groups in total. The Balaban J connectivity index is 0.00000208. The molecule has 1 aliphatic carbocycles. The van der Waals surface area contributed by atoms with Crippen molar-refractivity contribution >= 4 is 18.3 Å². The molecular formula is C19H29ClN2O2. The summed E-state index contributed by atoms with van der Waals surface area (Å²) >= 11 is 0. The van der Waals surface area contributed by atoms with Crippen molar-refractivity contribution < 1.29 is 9.53 Å². The van der Waals surface area contributed by atoms with Crippen molar-refractivity contribution in [1.29, 1.82) is 0 Å². The SMILES string of the molecule is COc1ccc2c(c1)CCCC2CC(=O)N1CCC(C)(CN)C1.Cl. The largest absolute Gasteiger partial charge is 0.497 e. The van der Waals surface area contributed by atoms with Gasteiger partial charge in [0.05, 0.1) is 7.11 Å². The fourth-order valence-electron chi connectivity index (χ4n) is 3.97. The molecule has 2 aliphatic rings. The summed E-state index contributed by atoms with van der Waals surface area (Å²) in [5.74, 6) is 1.55. The topological polar surface area (TPSA) is 55.6 Å². The molecule has 1 aromatic carbocycles. The first-order valence-corrected chi connectivity index (χ1v) is 8.69. The molecule has 0 spiro atoms. The van der Waals surface area contributed by atoms with Crippen molar-refractivity contribution in [1.82, 2.24) is 4.90 Å². The fraction of sp³-hybridized carbons (Fsp3) is 0.632. The van der Waals surface area contributed by atoms with Gasteiger partial charge in [0.2, 0.25) is 5.91 Å². The number of fused-ring (bicyclic) bond motifs is 1. The molecule has 134 valence electrons. The molecule has 0 bridgehead atoms. The average Bonchev–Trinajstić information content (AvgIpc) is 2.98. The van der Waals surface area contributed by atoms with Gasteiger partial charge in [-0.3, -0.25) is 4.79 Å². The van der Waals surface area contributed by atoms with Crippen molar-refractivity contribution in [3.8, 4) is 5.75 Å². The van der Waals surface area contributed by atoms with Crippen LogP contribution in [0.5, 0.6) is 5.75 Å². The van der Waals surface area contributed by atoms with E-state index in [-0.39, 0.29) is 23.7 Å². The summed E-state index contributed by atoms with van der Waals surface area (Å²) < 4.78 is 5.33. The molecule has 24 heavy (non-hydrogen) atoms. The lowest BCUT2D eigenvalue weighted by atomic mass is 9.80. The molecule has 1 aliphatic heterocycles. The number of nitrogens with two attached hydrogens (primary N) is 1. The number of amides is 1. The summed E-state index contributed by atoms with van der Waals surface area (Å²) in [4.78, 5) is 14.7. The van der Waals surface area contributed by atoms with Gasteiger partial charge in [-0.05, 0) is 66.8 Å². The second kappa shape index (κ2) is 7.75. The lowest BCUT2D eigenvalue weighted by Crippen LogP contribution is -2.35. The molecule has 1 aromatic rings. The molecule has 4 nitrogen and oxygen atoms in total. The summed E-state index contributed by atoms with van der Waals surface area (Å²) in [7, 11) is 1.70. The number of carbonyl (C=O) groups excluding carboxylic acids is 1. The van der Waals surface area contributed by atoms with Crippen LogP contribution < -0.4 is 10.5 Å². The standard InChI is InChI=1S/C19H28N2O2.ClH/c1-19(12-20)8-9-21(13-19)18(22)11-15-5-3-4-14-10-16(23-2)6-7-17(14)15;/h6-7,10,15H,3-5,8-9,11-13,20H2,1-2H3;1H. The number of rotatable bonds is 4. The quantitative estimate of drug-likeness (QED) is 0.905. The Morgan fingerprint density at radius 1 is 1.46 bits per heavy atom. The van der Waals surface area contributed by atoms with E-state index in [1.807, 2.05) is 11.0 Å². The van der Waals surface area contributed by atoms with E-state index in [9.17, 15) is 4.79 Å². The Kier molecular flexibility index (Phi) is 6.16. The normalized spacial score (nSPS) is 25.8. The molecule has 2 unspecified atom stereocenters. The van der Waals surface area contributed by atoms with Crippen LogP contribution in [0.25, 0.3) is 0 Å². The van der Waals surface area contributed by atoms with E-state index in [0.717, 1.165) is 44.5 Å². The van der Waals surface area contributed by atoms with Crippen molar-refractivity contribution in [2.24, 2.45) is 11.1 Å². The minimum absolute atomic E-state index is 0. The predicted molar refractivity (Wildman–Crippen MR) is 98.9 cm³/mol. The third kappa shape index (κ3) is 3.86. The maximum absolute atomic E-state index is 12.7. The number of likely N-dealkylation sites (tertiary alicyclic amines) is 1. The summed E-state index contributed by atoms with van der Waals surface area (Å²) in [6.45, 7) is 4.50. The molecule has 0 aromatic heterocycles. The molecule has 0 radical (unpaired) electrons. The zero-order valence-electron chi connectivity index (χ0n) is 14.7. The fourth-order valence-corrected chi connectivity index (χ4v) is 3.97. The molecule has 1 saturated heterocycles. The second-order valence-electron chi connectivity index (χ2n) is 7.44. The van der Waals surface area contributed by atoms with Gasteiger partial charge in [-0.1, -0.05) is 13.0 Å². The molecule has 1 fully saturated rings. The Morgan fingerprint density at radius 2 is 2.25 bits per heavy atom. The highest BCUT2D eigenvalue weighted by molar-refractivity contribution is 5.85. The molecule has 3 rings (SSSR count). The zero-order chi connectivity index (χ0) is 16.4. The molecule has 1 heterocycles. The van der Waals surface area contributed by atoms with Crippen LogP contribution in [-0.2, 0) is 11.2 Å². The second-order valence-corrected chi connectivity index (χ2v) is 7.44. The minimum Gasteiger partial charge on any atom is -0.497 e. The van der Waals surface area contributed by atoms with E-state index in [4.69, 9.17) is 10.5 Å². The van der Waals surface area contributed by atoms with Gasteiger partial charge < -0.3 is 15.4 Å². The highest BCUT2D eigenvalue weighted by Gasteiger charge is 2.35. The van der Waals surface area contributed by atoms with Gasteiger partial charge in [-0.2, -0.15) is 0 Å². The Morgan fingerprint density at radius 3 is 2.92 bits per heavy atom. The number of aryl methyl sites for hydroxylation is 1. The molecule has 1 amide bonds. The van der Waals surface area contributed by atoms with Gasteiger partial charge >= 0.3 is 0 Å². The first kappa shape index (κ1) is 19.1. The predicted octanol–water partition coefficient (Wildman–Crippen LogP) is 3.12. The van der Waals surface area contributed by atoms with E-state index in [1.165, 1.54) is 11.1 Å². The van der Waals surface area contributed by atoms with Crippen LogP contribution in [-0.4, -0.2) is 37.6 Å². The summed E-state index contributed by atoms with van der Waals surface area (Å²) in [6, 6.07) is 6.30. The first-order valence-electron chi connectivity index (χ1n) is 8.69. The number of nitrogens with zero attached hydrogens (tertiary/aromatic N) is 1. The van der Waals surface area contributed by atoms with Crippen molar-refractivity contribution in [3.05, 3.63) is 29.3 Å². The van der Waals surface area contributed by atoms with Gasteiger partial charge in [-0.15, -0.1) is 12.4 Å². The number of ether oxygens (including phenoxy) is 1.